The summed E-state index contributed by atoms with van der Waals surface area (Å²) in [6, 6.07) is 6.13. The SMILES string of the molecule is CN(C)c1ccc(/C=C2/C(=O)NC(=O)N(CCCCCCNC(N)=O)C2=O)cc1. The minimum atomic E-state index is -0.699. The Labute approximate surface area is 169 Å². The summed E-state index contributed by atoms with van der Waals surface area (Å²) < 4.78 is 0. The van der Waals surface area contributed by atoms with Crippen LogP contribution in [0.1, 0.15) is 31.2 Å². The Kier molecular flexibility index (Phi) is 7.76. The van der Waals surface area contributed by atoms with Gasteiger partial charge in [0.15, 0.2) is 0 Å². The first-order valence-electron chi connectivity index (χ1n) is 9.49. The standard InChI is InChI=1S/C20H27N5O4/c1-24(2)15-9-7-14(8-10-15)13-16-17(26)23-20(29)25(18(16)27)12-6-4-3-5-11-22-19(21)28/h7-10,13H,3-6,11-12H2,1-2H3,(H3,21,22,28)(H,23,26,29)/b16-13-. The third kappa shape index (κ3) is 6.34. The number of primary amides is 1. The van der Waals surface area contributed by atoms with Gasteiger partial charge >= 0.3 is 12.1 Å². The number of urea groups is 2. The number of rotatable bonds is 9. The summed E-state index contributed by atoms with van der Waals surface area (Å²) >= 11 is 0. The molecule has 6 amide bonds. The van der Waals surface area contributed by atoms with Gasteiger partial charge in [0.1, 0.15) is 5.57 Å². The smallest absolute Gasteiger partial charge is 0.331 e. The fourth-order valence-corrected chi connectivity index (χ4v) is 2.89. The summed E-state index contributed by atoms with van der Waals surface area (Å²) in [7, 11) is 3.84. The number of unbranched alkanes of at least 4 members (excludes halogenated alkanes) is 3. The quantitative estimate of drug-likeness (QED) is 0.328. The van der Waals surface area contributed by atoms with E-state index in [4.69, 9.17) is 5.73 Å². The molecule has 1 aromatic rings. The zero-order valence-electron chi connectivity index (χ0n) is 16.7. The second-order valence-corrected chi connectivity index (χ2v) is 6.97. The highest BCUT2D eigenvalue weighted by Crippen LogP contribution is 2.18. The number of nitrogens with zero attached hydrogens (tertiary/aromatic N) is 2. The molecule has 0 aromatic heterocycles. The molecular weight excluding hydrogens is 374 g/mol. The van der Waals surface area contributed by atoms with Crippen LogP contribution in [0.25, 0.3) is 6.08 Å². The number of barbiturate groups is 1. The summed E-state index contributed by atoms with van der Waals surface area (Å²) in [5, 5.41) is 4.73. The van der Waals surface area contributed by atoms with Gasteiger partial charge in [-0.2, -0.15) is 0 Å². The zero-order chi connectivity index (χ0) is 21.4. The number of hydrogen-bond donors (Lipinski definition) is 3. The topological polar surface area (TPSA) is 125 Å². The fraction of sp³-hybridized carbons (Fsp3) is 0.400. The number of amides is 6. The monoisotopic (exact) mass is 401 g/mol. The maximum Gasteiger partial charge on any atom is 0.331 e. The second kappa shape index (κ2) is 10.3. The molecular formula is C20H27N5O4. The van der Waals surface area contributed by atoms with Crippen molar-refractivity contribution in [3.8, 4) is 0 Å². The molecule has 0 bridgehead atoms. The molecule has 0 radical (unpaired) electrons. The van der Waals surface area contributed by atoms with E-state index in [2.05, 4.69) is 10.6 Å². The molecule has 0 unspecified atom stereocenters. The lowest BCUT2D eigenvalue weighted by molar-refractivity contribution is -0.130. The lowest BCUT2D eigenvalue weighted by atomic mass is 10.1. The van der Waals surface area contributed by atoms with Crippen LogP contribution < -0.4 is 21.3 Å². The number of hydrogen-bond acceptors (Lipinski definition) is 5. The van der Waals surface area contributed by atoms with E-state index in [1.165, 1.54) is 6.08 Å². The predicted octanol–water partition coefficient (Wildman–Crippen LogP) is 1.44. The molecule has 156 valence electrons. The summed E-state index contributed by atoms with van der Waals surface area (Å²) in [6.45, 7) is 0.713. The highest BCUT2D eigenvalue weighted by molar-refractivity contribution is 6.31. The number of benzene rings is 1. The maximum absolute atomic E-state index is 12.7. The molecule has 9 nitrogen and oxygen atoms in total. The van der Waals surface area contributed by atoms with Gasteiger partial charge in [0.2, 0.25) is 0 Å². The van der Waals surface area contributed by atoms with Crippen LogP contribution in [0.3, 0.4) is 0 Å². The molecule has 1 aliphatic rings. The van der Waals surface area contributed by atoms with Gasteiger partial charge in [-0.05, 0) is 36.6 Å². The molecule has 1 aliphatic heterocycles. The van der Waals surface area contributed by atoms with Crippen LogP contribution in [-0.4, -0.2) is 56.0 Å². The minimum absolute atomic E-state index is 0.0622. The lowest BCUT2D eigenvalue weighted by Crippen LogP contribution is -2.54. The van der Waals surface area contributed by atoms with Crippen LogP contribution in [0.5, 0.6) is 0 Å². The molecule has 0 aliphatic carbocycles. The molecule has 29 heavy (non-hydrogen) atoms. The first kappa shape index (κ1) is 21.9. The van der Waals surface area contributed by atoms with E-state index in [1.807, 2.05) is 43.3 Å². The first-order valence-corrected chi connectivity index (χ1v) is 9.49. The largest absolute Gasteiger partial charge is 0.378 e. The van der Waals surface area contributed by atoms with Crippen molar-refractivity contribution in [2.45, 2.75) is 25.7 Å². The van der Waals surface area contributed by atoms with E-state index in [-0.39, 0.29) is 12.1 Å². The van der Waals surface area contributed by atoms with Crippen molar-refractivity contribution in [2.24, 2.45) is 5.73 Å². The number of carbonyl (C=O) groups is 4. The average molecular weight is 401 g/mol. The van der Waals surface area contributed by atoms with Crippen LogP contribution >= 0.6 is 0 Å². The van der Waals surface area contributed by atoms with Gasteiger partial charge < -0.3 is 16.0 Å². The molecule has 2 rings (SSSR count). The molecule has 0 atom stereocenters. The Balaban J connectivity index is 1.95. The van der Waals surface area contributed by atoms with Crippen molar-refractivity contribution in [3.05, 3.63) is 35.4 Å². The normalized spacial score (nSPS) is 15.4. The van der Waals surface area contributed by atoms with E-state index in [9.17, 15) is 19.2 Å². The number of anilines is 1. The van der Waals surface area contributed by atoms with Crippen LogP contribution in [-0.2, 0) is 9.59 Å². The molecule has 0 spiro atoms. The van der Waals surface area contributed by atoms with Gasteiger partial charge in [-0.3, -0.25) is 19.8 Å². The fourth-order valence-electron chi connectivity index (χ4n) is 2.89. The third-order valence-corrected chi connectivity index (χ3v) is 4.51. The molecule has 1 fully saturated rings. The van der Waals surface area contributed by atoms with Crippen molar-refractivity contribution >= 4 is 35.6 Å². The molecule has 1 heterocycles. The van der Waals surface area contributed by atoms with E-state index in [0.717, 1.165) is 29.8 Å². The van der Waals surface area contributed by atoms with Crippen LogP contribution in [0.4, 0.5) is 15.3 Å². The van der Waals surface area contributed by atoms with E-state index in [1.54, 1.807) is 0 Å². The van der Waals surface area contributed by atoms with Crippen LogP contribution in [0, 0.1) is 0 Å². The molecule has 9 heteroatoms. The minimum Gasteiger partial charge on any atom is -0.378 e. The van der Waals surface area contributed by atoms with E-state index in [0.29, 0.717) is 18.5 Å². The number of nitrogens with one attached hydrogen (secondary N) is 2. The summed E-state index contributed by atoms with van der Waals surface area (Å²) in [5.41, 5.74) is 6.62. The van der Waals surface area contributed by atoms with E-state index >= 15 is 0 Å². The van der Waals surface area contributed by atoms with Crippen molar-refractivity contribution in [2.75, 3.05) is 32.1 Å². The third-order valence-electron chi connectivity index (χ3n) is 4.51. The first-order chi connectivity index (χ1) is 13.8. The van der Waals surface area contributed by atoms with Crippen LogP contribution in [0.2, 0.25) is 0 Å². The maximum atomic E-state index is 12.7. The van der Waals surface area contributed by atoms with Gasteiger partial charge in [0.25, 0.3) is 11.8 Å². The Hall–Kier alpha value is -3.36. The number of nitrogens with two attached hydrogens (primary N) is 1. The summed E-state index contributed by atoms with van der Waals surface area (Å²) in [4.78, 5) is 50.5. The Morgan fingerprint density at radius 3 is 2.38 bits per heavy atom. The van der Waals surface area contributed by atoms with Crippen molar-refractivity contribution in [1.29, 1.82) is 0 Å². The Morgan fingerprint density at radius 1 is 1.10 bits per heavy atom. The molecule has 1 aromatic carbocycles. The highest BCUT2D eigenvalue weighted by atomic mass is 16.2. The van der Waals surface area contributed by atoms with Gasteiger partial charge in [0.05, 0.1) is 0 Å². The van der Waals surface area contributed by atoms with Gasteiger partial charge in [-0.1, -0.05) is 25.0 Å². The molecule has 0 saturated carbocycles. The molecule has 4 N–H and O–H groups in total. The zero-order valence-corrected chi connectivity index (χ0v) is 16.7. The highest BCUT2D eigenvalue weighted by Gasteiger charge is 2.35. The van der Waals surface area contributed by atoms with Crippen LogP contribution in [0.15, 0.2) is 29.8 Å². The summed E-state index contributed by atoms with van der Waals surface area (Å²) in [6.07, 6.45) is 4.46. The Morgan fingerprint density at radius 2 is 1.76 bits per heavy atom. The van der Waals surface area contributed by atoms with Crippen molar-refractivity contribution in [3.63, 3.8) is 0 Å². The number of imide groups is 2. The number of carbonyl (C=O) groups excluding carboxylic acids is 4. The van der Waals surface area contributed by atoms with Gasteiger partial charge in [-0.25, -0.2) is 9.59 Å². The van der Waals surface area contributed by atoms with Crippen molar-refractivity contribution in [1.82, 2.24) is 15.5 Å². The van der Waals surface area contributed by atoms with Crippen molar-refractivity contribution < 1.29 is 19.2 Å². The van der Waals surface area contributed by atoms with E-state index < -0.39 is 23.9 Å². The summed E-state index contributed by atoms with van der Waals surface area (Å²) in [5.74, 6) is -1.28. The Bertz CT molecular complexity index is 802. The second-order valence-electron chi connectivity index (χ2n) is 6.97. The predicted molar refractivity (Wildman–Crippen MR) is 110 cm³/mol. The molecule has 1 saturated heterocycles. The van der Waals surface area contributed by atoms with Gasteiger partial charge in [-0.15, -0.1) is 0 Å². The lowest BCUT2D eigenvalue weighted by Gasteiger charge is -2.26. The average Bonchev–Trinajstić information content (AvgIpc) is 2.66. The van der Waals surface area contributed by atoms with Gasteiger partial charge in [0, 0.05) is 32.9 Å².